The lowest BCUT2D eigenvalue weighted by atomic mass is 10.0. The summed E-state index contributed by atoms with van der Waals surface area (Å²) in [5, 5.41) is 7.11. The third kappa shape index (κ3) is 4.43. The van der Waals surface area contributed by atoms with Crippen LogP contribution in [0.25, 0.3) is 0 Å². The first-order valence-electron chi connectivity index (χ1n) is 7.48. The second kappa shape index (κ2) is 7.78. The van der Waals surface area contributed by atoms with E-state index in [1.807, 2.05) is 31.2 Å². The van der Waals surface area contributed by atoms with Crippen LogP contribution in [0.3, 0.4) is 0 Å². The van der Waals surface area contributed by atoms with Crippen LogP contribution in [0.1, 0.15) is 31.9 Å². The number of hydrogen-bond acceptors (Lipinski definition) is 3. The Morgan fingerprint density at radius 3 is 3.00 bits per heavy atom. The summed E-state index contributed by atoms with van der Waals surface area (Å²) in [6.45, 7) is 6.06. The molecule has 21 heavy (non-hydrogen) atoms. The molecule has 1 aliphatic rings. The van der Waals surface area contributed by atoms with E-state index >= 15 is 0 Å². The minimum absolute atomic E-state index is 0.0357. The lowest BCUT2D eigenvalue weighted by Crippen LogP contribution is -2.44. The van der Waals surface area contributed by atoms with Crippen LogP contribution in [0.4, 0.5) is 0 Å². The van der Waals surface area contributed by atoms with Crippen molar-refractivity contribution >= 4 is 17.5 Å². The summed E-state index contributed by atoms with van der Waals surface area (Å²) >= 11 is 5.99. The summed E-state index contributed by atoms with van der Waals surface area (Å²) in [6, 6.07) is 7.61. The van der Waals surface area contributed by atoms with Gasteiger partial charge in [-0.05, 0) is 37.6 Å². The number of carbonyl (C=O) groups excluding carboxylic acids is 1. The van der Waals surface area contributed by atoms with Crippen LogP contribution in [0.5, 0.6) is 0 Å². The van der Waals surface area contributed by atoms with Gasteiger partial charge in [0.2, 0.25) is 5.91 Å². The summed E-state index contributed by atoms with van der Waals surface area (Å²) in [5.74, 6) is -0.0910. The predicted molar refractivity (Wildman–Crippen MR) is 84.4 cm³/mol. The highest BCUT2D eigenvalue weighted by Crippen LogP contribution is 2.20. The molecule has 1 aromatic rings. The number of halogens is 1. The number of rotatable bonds is 6. The van der Waals surface area contributed by atoms with Gasteiger partial charge in [-0.1, -0.05) is 30.7 Å². The van der Waals surface area contributed by atoms with Gasteiger partial charge in [0.1, 0.15) is 0 Å². The predicted octanol–water partition coefficient (Wildman–Crippen LogP) is 2.53. The van der Waals surface area contributed by atoms with Gasteiger partial charge in [0, 0.05) is 11.1 Å². The van der Waals surface area contributed by atoms with E-state index in [1.165, 1.54) is 0 Å². The zero-order valence-electron chi connectivity index (χ0n) is 12.6. The second-order valence-corrected chi connectivity index (χ2v) is 5.93. The Hall–Kier alpha value is -1.10. The number of amides is 1. The molecule has 5 heteroatoms. The molecule has 1 aromatic carbocycles. The van der Waals surface area contributed by atoms with Crippen LogP contribution in [-0.2, 0) is 9.53 Å². The molecule has 116 valence electrons. The van der Waals surface area contributed by atoms with Crippen LogP contribution in [0, 0.1) is 5.92 Å². The van der Waals surface area contributed by atoms with E-state index in [0.717, 1.165) is 18.5 Å². The van der Waals surface area contributed by atoms with Gasteiger partial charge in [0.15, 0.2) is 0 Å². The van der Waals surface area contributed by atoms with Crippen molar-refractivity contribution in [2.75, 3.05) is 19.8 Å². The molecular weight excluding hydrogens is 288 g/mol. The fourth-order valence-electron chi connectivity index (χ4n) is 2.52. The van der Waals surface area contributed by atoms with Gasteiger partial charge in [-0.25, -0.2) is 0 Å². The monoisotopic (exact) mass is 310 g/mol. The highest BCUT2D eigenvalue weighted by atomic mass is 35.5. The van der Waals surface area contributed by atoms with Crippen molar-refractivity contribution in [3.05, 3.63) is 34.9 Å². The van der Waals surface area contributed by atoms with E-state index < -0.39 is 0 Å². The van der Waals surface area contributed by atoms with Crippen molar-refractivity contribution in [3.8, 4) is 0 Å². The van der Waals surface area contributed by atoms with E-state index in [1.54, 1.807) is 0 Å². The quantitative estimate of drug-likeness (QED) is 0.849. The Morgan fingerprint density at radius 2 is 2.29 bits per heavy atom. The number of benzene rings is 1. The summed E-state index contributed by atoms with van der Waals surface area (Å²) in [4.78, 5) is 12.4. The number of ether oxygens (including phenoxy) is 1. The molecule has 1 saturated heterocycles. The van der Waals surface area contributed by atoms with Crippen molar-refractivity contribution in [1.29, 1.82) is 0 Å². The second-order valence-electron chi connectivity index (χ2n) is 5.49. The van der Waals surface area contributed by atoms with Gasteiger partial charge in [-0.15, -0.1) is 0 Å². The highest BCUT2D eigenvalue weighted by Gasteiger charge is 2.34. The van der Waals surface area contributed by atoms with Crippen molar-refractivity contribution in [1.82, 2.24) is 10.6 Å². The minimum Gasteiger partial charge on any atom is -0.379 e. The molecule has 1 heterocycles. The molecule has 2 N–H and O–H groups in total. The Balaban J connectivity index is 1.94. The lowest BCUT2D eigenvalue weighted by molar-refractivity contribution is -0.126. The zero-order valence-corrected chi connectivity index (χ0v) is 13.3. The number of hydrogen-bond donors (Lipinski definition) is 2. The Labute approximate surface area is 131 Å². The Morgan fingerprint density at radius 1 is 1.48 bits per heavy atom. The summed E-state index contributed by atoms with van der Waals surface area (Å²) < 4.78 is 5.45. The van der Waals surface area contributed by atoms with Crippen LogP contribution < -0.4 is 10.6 Å². The van der Waals surface area contributed by atoms with Gasteiger partial charge < -0.3 is 15.4 Å². The van der Waals surface area contributed by atoms with Crippen molar-refractivity contribution in [2.45, 2.75) is 32.4 Å². The number of carbonyl (C=O) groups is 1. The van der Waals surface area contributed by atoms with E-state index in [9.17, 15) is 4.79 Å². The fourth-order valence-corrected chi connectivity index (χ4v) is 2.72. The molecule has 0 bridgehead atoms. The normalized spacial score (nSPS) is 23.0. The summed E-state index contributed by atoms with van der Waals surface area (Å²) in [7, 11) is 0. The van der Waals surface area contributed by atoms with Crippen molar-refractivity contribution in [3.63, 3.8) is 0 Å². The van der Waals surface area contributed by atoms with Crippen LogP contribution in [0.15, 0.2) is 24.3 Å². The van der Waals surface area contributed by atoms with Gasteiger partial charge in [-0.3, -0.25) is 4.79 Å². The van der Waals surface area contributed by atoms with Crippen LogP contribution in [0.2, 0.25) is 5.02 Å². The molecule has 3 atom stereocenters. The Bertz CT molecular complexity index is 481. The topological polar surface area (TPSA) is 50.4 Å². The molecule has 0 radical (unpaired) electrons. The third-order valence-electron chi connectivity index (χ3n) is 3.78. The van der Waals surface area contributed by atoms with Gasteiger partial charge >= 0.3 is 0 Å². The first-order valence-corrected chi connectivity index (χ1v) is 7.86. The highest BCUT2D eigenvalue weighted by molar-refractivity contribution is 6.30. The van der Waals surface area contributed by atoms with Crippen LogP contribution in [-0.4, -0.2) is 31.7 Å². The molecule has 1 fully saturated rings. The third-order valence-corrected chi connectivity index (χ3v) is 4.02. The maximum absolute atomic E-state index is 12.4. The van der Waals surface area contributed by atoms with Gasteiger partial charge in [-0.2, -0.15) is 0 Å². The molecule has 2 rings (SSSR count). The number of nitrogens with one attached hydrogen (secondary N) is 2. The molecule has 0 aromatic heterocycles. The minimum atomic E-state index is -0.127. The van der Waals surface area contributed by atoms with Gasteiger partial charge in [0.05, 0.1) is 25.2 Å². The molecular formula is C16H23ClN2O2. The van der Waals surface area contributed by atoms with Crippen molar-refractivity contribution < 1.29 is 9.53 Å². The SMILES string of the molecule is CCCNC1COCC1C(=O)NC(C)c1cccc(Cl)c1. The molecule has 1 aliphatic heterocycles. The zero-order chi connectivity index (χ0) is 15.2. The van der Waals surface area contributed by atoms with Crippen LogP contribution >= 0.6 is 11.6 Å². The molecule has 0 spiro atoms. The maximum Gasteiger partial charge on any atom is 0.227 e. The van der Waals surface area contributed by atoms with E-state index in [0.29, 0.717) is 18.2 Å². The molecule has 4 nitrogen and oxygen atoms in total. The molecule has 1 amide bonds. The largest absolute Gasteiger partial charge is 0.379 e. The average molecular weight is 311 g/mol. The Kier molecular flexibility index (Phi) is 6.03. The van der Waals surface area contributed by atoms with Crippen molar-refractivity contribution in [2.24, 2.45) is 5.92 Å². The summed E-state index contributed by atoms with van der Waals surface area (Å²) in [5.41, 5.74) is 1.01. The van der Waals surface area contributed by atoms with E-state index in [4.69, 9.17) is 16.3 Å². The standard InChI is InChI=1S/C16H23ClN2O2/c1-3-7-18-15-10-21-9-14(15)16(20)19-11(2)12-5-4-6-13(17)8-12/h4-6,8,11,14-15,18H,3,7,9-10H2,1-2H3,(H,19,20). The first-order chi connectivity index (χ1) is 10.1. The summed E-state index contributed by atoms with van der Waals surface area (Å²) in [6.07, 6.45) is 1.05. The van der Waals surface area contributed by atoms with Gasteiger partial charge in [0.25, 0.3) is 0 Å². The first kappa shape index (κ1) is 16.3. The molecule has 0 saturated carbocycles. The molecule has 0 aliphatic carbocycles. The van der Waals surface area contributed by atoms with E-state index in [-0.39, 0.29) is 23.9 Å². The maximum atomic E-state index is 12.4. The fraction of sp³-hybridized carbons (Fsp3) is 0.562. The molecule has 3 unspecified atom stereocenters. The average Bonchev–Trinajstić information content (AvgIpc) is 2.93. The van der Waals surface area contributed by atoms with E-state index in [2.05, 4.69) is 17.6 Å². The smallest absolute Gasteiger partial charge is 0.227 e. The lowest BCUT2D eigenvalue weighted by Gasteiger charge is -2.21.